The maximum atomic E-state index is 5.08. The number of rotatable bonds is 9. The molecule has 1 N–H and O–H groups in total. The molecule has 0 amide bonds. The number of hydrogen-bond acceptors (Lipinski definition) is 3. The summed E-state index contributed by atoms with van der Waals surface area (Å²) >= 11 is 5.45. The van der Waals surface area contributed by atoms with Crippen LogP contribution in [0.2, 0.25) is 0 Å². The third-order valence-electron chi connectivity index (χ3n) is 4.51. The molecule has 0 aromatic carbocycles. The van der Waals surface area contributed by atoms with Crippen molar-refractivity contribution in [3.63, 3.8) is 0 Å². The molecule has 20 heavy (non-hydrogen) atoms. The lowest BCUT2D eigenvalue weighted by atomic mass is 9.78. The highest BCUT2D eigenvalue weighted by atomic mass is 79.9. The van der Waals surface area contributed by atoms with E-state index in [1.165, 1.54) is 53.6 Å². The van der Waals surface area contributed by atoms with Gasteiger partial charge in [-0.25, -0.2) is 0 Å². The van der Waals surface area contributed by atoms with E-state index < -0.39 is 0 Å². The number of halogens is 1. The molecular formula is C16H26BrNOS. The Hall–Kier alpha value is 0.1000. The molecular weight excluding hydrogens is 334 g/mol. The minimum Gasteiger partial charge on any atom is -0.383 e. The summed E-state index contributed by atoms with van der Waals surface area (Å²) in [5, 5.41) is 3.51. The molecule has 2 nitrogen and oxygen atoms in total. The fourth-order valence-electron chi connectivity index (χ4n) is 3.28. The second-order valence-corrected chi connectivity index (χ2v) is 8.45. The number of thiophene rings is 1. The molecule has 0 radical (unpaired) electrons. The summed E-state index contributed by atoms with van der Waals surface area (Å²) < 4.78 is 6.34. The van der Waals surface area contributed by atoms with Crippen molar-refractivity contribution in [1.29, 1.82) is 0 Å². The van der Waals surface area contributed by atoms with Gasteiger partial charge >= 0.3 is 0 Å². The summed E-state index contributed by atoms with van der Waals surface area (Å²) in [5.41, 5.74) is 0.594. The van der Waals surface area contributed by atoms with Gasteiger partial charge in [-0.2, -0.15) is 0 Å². The Balaban J connectivity index is 1.76. The maximum Gasteiger partial charge on any atom is 0.0701 e. The Bertz CT molecular complexity index is 388. The van der Waals surface area contributed by atoms with Crippen LogP contribution in [0.4, 0.5) is 0 Å². The highest BCUT2D eigenvalue weighted by Gasteiger charge is 2.32. The molecule has 1 aromatic rings. The number of hydrogen-bond donors (Lipinski definition) is 1. The van der Waals surface area contributed by atoms with Crippen LogP contribution >= 0.6 is 27.3 Å². The van der Waals surface area contributed by atoms with Crippen LogP contribution in [0.3, 0.4) is 0 Å². The largest absolute Gasteiger partial charge is 0.383 e. The van der Waals surface area contributed by atoms with Gasteiger partial charge in [0.25, 0.3) is 0 Å². The monoisotopic (exact) mass is 359 g/mol. The van der Waals surface area contributed by atoms with Crippen LogP contribution in [0.1, 0.15) is 43.4 Å². The van der Waals surface area contributed by atoms with Gasteiger partial charge in [-0.1, -0.05) is 12.8 Å². The molecule has 0 atom stereocenters. The van der Waals surface area contributed by atoms with E-state index in [2.05, 4.69) is 33.4 Å². The summed E-state index contributed by atoms with van der Waals surface area (Å²) in [6, 6.07) is 4.45. The van der Waals surface area contributed by atoms with E-state index in [1.54, 1.807) is 7.11 Å². The molecule has 4 heteroatoms. The molecule has 1 heterocycles. The Morgan fingerprint density at radius 1 is 1.25 bits per heavy atom. The minimum atomic E-state index is 0.594. The third-order valence-corrected chi connectivity index (χ3v) is 6.19. The van der Waals surface area contributed by atoms with Gasteiger partial charge in [0.15, 0.2) is 0 Å². The van der Waals surface area contributed by atoms with Crippen LogP contribution in [0.15, 0.2) is 15.9 Å². The molecule has 0 saturated heterocycles. The summed E-state index contributed by atoms with van der Waals surface area (Å²) in [6.45, 7) is 2.93. The lowest BCUT2D eigenvalue weighted by Gasteiger charge is -2.29. The molecule has 0 unspecified atom stereocenters. The van der Waals surface area contributed by atoms with Gasteiger partial charge in [-0.15, -0.1) is 11.3 Å². The molecule has 1 aliphatic carbocycles. The molecule has 1 aliphatic rings. The van der Waals surface area contributed by atoms with Gasteiger partial charge in [0, 0.05) is 18.5 Å². The SMILES string of the molecule is COCCNCCC1(CCc2ccc(Br)s2)CCCC1. The fourth-order valence-corrected chi connectivity index (χ4v) is 4.76. The lowest BCUT2D eigenvalue weighted by Crippen LogP contribution is -2.27. The minimum absolute atomic E-state index is 0.594. The number of nitrogens with one attached hydrogen (secondary N) is 1. The summed E-state index contributed by atoms with van der Waals surface area (Å²) in [6.07, 6.45) is 9.61. The van der Waals surface area contributed by atoms with Gasteiger partial charge in [-0.05, 0) is 72.1 Å². The van der Waals surface area contributed by atoms with Crippen molar-refractivity contribution in [2.75, 3.05) is 26.8 Å². The Kier molecular flexibility index (Phi) is 7.02. The van der Waals surface area contributed by atoms with Crippen LogP contribution in [0.5, 0.6) is 0 Å². The van der Waals surface area contributed by atoms with E-state index in [4.69, 9.17) is 4.74 Å². The smallest absolute Gasteiger partial charge is 0.0701 e. The lowest BCUT2D eigenvalue weighted by molar-refractivity contribution is 0.194. The molecule has 1 saturated carbocycles. The predicted octanol–water partition coefficient (Wildman–Crippen LogP) is 4.63. The van der Waals surface area contributed by atoms with Crippen molar-refractivity contribution in [2.45, 2.75) is 44.9 Å². The van der Waals surface area contributed by atoms with Crippen LogP contribution in [0.25, 0.3) is 0 Å². The van der Waals surface area contributed by atoms with Crippen LogP contribution in [0, 0.1) is 5.41 Å². The van der Waals surface area contributed by atoms with Crippen molar-refractivity contribution >= 4 is 27.3 Å². The van der Waals surface area contributed by atoms with Crippen molar-refractivity contribution in [3.05, 3.63) is 20.8 Å². The van der Waals surface area contributed by atoms with Crippen molar-refractivity contribution in [3.8, 4) is 0 Å². The zero-order valence-corrected chi connectivity index (χ0v) is 14.8. The van der Waals surface area contributed by atoms with Crippen molar-refractivity contribution < 1.29 is 4.74 Å². The van der Waals surface area contributed by atoms with Gasteiger partial charge in [-0.3, -0.25) is 0 Å². The Morgan fingerprint density at radius 3 is 2.70 bits per heavy atom. The average molecular weight is 360 g/mol. The standard InChI is InChI=1S/C16H26BrNOS/c1-19-13-12-18-11-10-16(7-2-3-8-16)9-6-14-4-5-15(17)20-14/h4-5,18H,2-3,6-13H2,1H3. The number of aryl methyl sites for hydroxylation is 1. The normalized spacial score (nSPS) is 17.7. The highest BCUT2D eigenvalue weighted by molar-refractivity contribution is 9.11. The Labute approximate surface area is 135 Å². The van der Waals surface area contributed by atoms with Crippen molar-refractivity contribution in [2.24, 2.45) is 5.41 Å². The van der Waals surface area contributed by atoms with E-state index >= 15 is 0 Å². The zero-order chi connectivity index (χ0) is 14.3. The van der Waals surface area contributed by atoms with Crippen LogP contribution in [-0.2, 0) is 11.2 Å². The maximum absolute atomic E-state index is 5.08. The Morgan fingerprint density at radius 2 is 2.05 bits per heavy atom. The predicted molar refractivity (Wildman–Crippen MR) is 90.6 cm³/mol. The van der Waals surface area contributed by atoms with E-state index in [0.717, 1.165) is 19.7 Å². The zero-order valence-electron chi connectivity index (χ0n) is 12.4. The topological polar surface area (TPSA) is 21.3 Å². The third kappa shape index (κ3) is 5.14. The second kappa shape index (κ2) is 8.52. The second-order valence-electron chi connectivity index (χ2n) is 5.91. The first-order valence-electron chi connectivity index (χ1n) is 7.68. The number of ether oxygens (including phenoxy) is 1. The van der Waals surface area contributed by atoms with Gasteiger partial charge < -0.3 is 10.1 Å². The summed E-state index contributed by atoms with van der Waals surface area (Å²) in [4.78, 5) is 1.52. The number of methoxy groups -OCH3 is 1. The first-order chi connectivity index (χ1) is 9.74. The molecule has 0 bridgehead atoms. The molecule has 1 aromatic heterocycles. The summed E-state index contributed by atoms with van der Waals surface area (Å²) in [7, 11) is 1.76. The van der Waals surface area contributed by atoms with Crippen molar-refractivity contribution in [1.82, 2.24) is 5.32 Å². The molecule has 0 spiro atoms. The average Bonchev–Trinajstić information content (AvgIpc) is 3.06. The molecule has 1 fully saturated rings. The van der Waals surface area contributed by atoms with E-state index in [9.17, 15) is 0 Å². The molecule has 114 valence electrons. The van der Waals surface area contributed by atoms with E-state index in [-0.39, 0.29) is 0 Å². The first kappa shape index (κ1) is 16.5. The van der Waals surface area contributed by atoms with Crippen LogP contribution in [-0.4, -0.2) is 26.8 Å². The van der Waals surface area contributed by atoms with Gasteiger partial charge in [0.1, 0.15) is 0 Å². The summed E-state index contributed by atoms with van der Waals surface area (Å²) in [5.74, 6) is 0. The van der Waals surface area contributed by atoms with Gasteiger partial charge in [0.2, 0.25) is 0 Å². The van der Waals surface area contributed by atoms with Gasteiger partial charge in [0.05, 0.1) is 10.4 Å². The molecule has 0 aliphatic heterocycles. The quantitative estimate of drug-likeness (QED) is 0.649. The first-order valence-corrected chi connectivity index (χ1v) is 9.29. The van der Waals surface area contributed by atoms with Crippen LogP contribution < -0.4 is 5.32 Å². The van der Waals surface area contributed by atoms with E-state index in [1.807, 2.05) is 11.3 Å². The fraction of sp³-hybridized carbons (Fsp3) is 0.750. The highest BCUT2D eigenvalue weighted by Crippen LogP contribution is 2.45. The van der Waals surface area contributed by atoms with E-state index in [0.29, 0.717) is 5.41 Å². The molecule has 2 rings (SSSR count).